The summed E-state index contributed by atoms with van der Waals surface area (Å²) < 4.78 is 12.3. The SMILES string of the molecule is C=CCCOC(=O)[C@H]1[C@H]2C(=O)N(CCCO)C(C(=O)N(CC=C)c3c(C)cccc3Cl)C23CC[C@]1(CC)O3. The zero-order valence-electron chi connectivity index (χ0n) is 22.2. The van der Waals surface area contributed by atoms with Crippen LogP contribution >= 0.6 is 11.6 Å². The van der Waals surface area contributed by atoms with Gasteiger partial charge >= 0.3 is 5.97 Å². The topological polar surface area (TPSA) is 96.4 Å². The molecule has 5 atom stereocenters. The molecule has 3 saturated heterocycles. The highest BCUT2D eigenvalue weighted by Gasteiger charge is 2.79. The van der Waals surface area contributed by atoms with Crippen molar-refractivity contribution in [3.63, 3.8) is 0 Å². The number of rotatable bonds is 12. The molecule has 0 aliphatic carbocycles. The van der Waals surface area contributed by atoms with Crippen LogP contribution < -0.4 is 4.90 Å². The fourth-order valence-electron chi connectivity index (χ4n) is 6.70. The molecule has 2 unspecified atom stereocenters. The number of anilines is 1. The fourth-order valence-corrected chi connectivity index (χ4v) is 7.03. The minimum atomic E-state index is -1.18. The second-order valence-electron chi connectivity index (χ2n) is 10.3. The number of halogens is 1. The van der Waals surface area contributed by atoms with Crippen molar-refractivity contribution in [2.24, 2.45) is 11.8 Å². The number of aryl methyl sites for hydroxylation is 1. The molecular formula is C29H37ClN2O6. The number of carbonyl (C=O) groups is 3. The third kappa shape index (κ3) is 4.36. The molecule has 4 rings (SSSR count). The summed E-state index contributed by atoms with van der Waals surface area (Å²) in [5, 5.41) is 9.99. The van der Waals surface area contributed by atoms with Crippen LogP contribution in [0.4, 0.5) is 5.69 Å². The molecule has 206 valence electrons. The largest absolute Gasteiger partial charge is 0.465 e. The third-order valence-electron chi connectivity index (χ3n) is 8.33. The van der Waals surface area contributed by atoms with Crippen molar-refractivity contribution in [3.05, 3.63) is 54.1 Å². The lowest BCUT2D eigenvalue weighted by Gasteiger charge is -2.37. The van der Waals surface area contributed by atoms with E-state index >= 15 is 0 Å². The van der Waals surface area contributed by atoms with Gasteiger partial charge in [-0.2, -0.15) is 0 Å². The Balaban J connectivity index is 1.81. The Morgan fingerprint density at radius 3 is 2.71 bits per heavy atom. The average Bonchev–Trinajstić information content (AvgIpc) is 3.50. The van der Waals surface area contributed by atoms with E-state index in [1.54, 1.807) is 23.1 Å². The standard InChI is InChI=1S/C29H37ClN2O6/c1-5-8-18-37-27(36)22-21-25(34)32(16-10-17-33)24(29(21)14-13-28(22,7-3)38-29)26(35)31(15-6-2)23-19(4)11-9-12-20(23)30/h5-6,9,11-12,21-22,24,33H,1-2,7-8,10,13-18H2,3-4H3/t21-,22+,24?,28-,29?/m0/s1. The van der Waals surface area contributed by atoms with Crippen molar-refractivity contribution in [3.8, 4) is 0 Å². The highest BCUT2D eigenvalue weighted by molar-refractivity contribution is 6.34. The quantitative estimate of drug-likeness (QED) is 0.244. The van der Waals surface area contributed by atoms with Crippen LogP contribution in [0, 0.1) is 18.8 Å². The second kappa shape index (κ2) is 11.2. The van der Waals surface area contributed by atoms with Gasteiger partial charge < -0.3 is 24.4 Å². The number of carbonyl (C=O) groups excluding carboxylic acids is 3. The van der Waals surface area contributed by atoms with Crippen LogP contribution in [0.15, 0.2) is 43.5 Å². The zero-order chi connectivity index (χ0) is 27.7. The Kier molecular flexibility index (Phi) is 8.35. The van der Waals surface area contributed by atoms with Crippen molar-refractivity contribution < 1.29 is 29.0 Å². The number of ether oxygens (including phenoxy) is 2. The van der Waals surface area contributed by atoms with Gasteiger partial charge in [-0.3, -0.25) is 14.4 Å². The van der Waals surface area contributed by atoms with Gasteiger partial charge in [-0.15, -0.1) is 13.2 Å². The smallest absolute Gasteiger partial charge is 0.312 e. The van der Waals surface area contributed by atoms with Crippen LogP contribution in [0.5, 0.6) is 0 Å². The van der Waals surface area contributed by atoms with Gasteiger partial charge in [0.05, 0.1) is 28.8 Å². The van der Waals surface area contributed by atoms with E-state index in [0.717, 1.165) is 5.56 Å². The first-order valence-corrected chi connectivity index (χ1v) is 13.7. The first-order valence-electron chi connectivity index (χ1n) is 13.3. The number of aliphatic hydroxyl groups excluding tert-OH is 1. The molecule has 0 radical (unpaired) electrons. The van der Waals surface area contributed by atoms with Crippen LogP contribution in [0.2, 0.25) is 5.02 Å². The van der Waals surface area contributed by atoms with E-state index in [-0.39, 0.29) is 44.5 Å². The van der Waals surface area contributed by atoms with Gasteiger partial charge in [0.15, 0.2) is 0 Å². The molecule has 8 nitrogen and oxygen atoms in total. The molecule has 1 aromatic rings. The summed E-state index contributed by atoms with van der Waals surface area (Å²) >= 11 is 6.58. The monoisotopic (exact) mass is 544 g/mol. The van der Waals surface area contributed by atoms with Crippen molar-refractivity contribution in [1.29, 1.82) is 0 Å². The van der Waals surface area contributed by atoms with Crippen molar-refractivity contribution in [2.45, 2.75) is 63.2 Å². The fraction of sp³-hybridized carbons (Fsp3) is 0.552. The molecule has 1 spiro atoms. The maximum absolute atomic E-state index is 14.5. The van der Waals surface area contributed by atoms with E-state index in [1.807, 2.05) is 26.0 Å². The van der Waals surface area contributed by atoms with Gasteiger partial charge in [0.1, 0.15) is 17.6 Å². The van der Waals surface area contributed by atoms with E-state index in [1.165, 1.54) is 4.90 Å². The zero-order valence-corrected chi connectivity index (χ0v) is 22.9. The number of amides is 2. The van der Waals surface area contributed by atoms with Gasteiger partial charge in [0.25, 0.3) is 5.91 Å². The van der Waals surface area contributed by atoms with Crippen LogP contribution in [0.1, 0.15) is 44.6 Å². The van der Waals surface area contributed by atoms with Crippen LogP contribution in [0.3, 0.4) is 0 Å². The molecular weight excluding hydrogens is 508 g/mol. The van der Waals surface area contributed by atoms with E-state index < -0.39 is 35.0 Å². The number of para-hydroxylation sites is 1. The summed E-state index contributed by atoms with van der Waals surface area (Å²) in [6.07, 6.45) is 5.58. The number of hydrogen-bond donors (Lipinski definition) is 1. The molecule has 2 bridgehead atoms. The van der Waals surface area contributed by atoms with E-state index in [4.69, 9.17) is 21.1 Å². The predicted molar refractivity (Wildman–Crippen MR) is 145 cm³/mol. The Morgan fingerprint density at radius 1 is 1.32 bits per heavy atom. The normalized spacial score (nSPS) is 29.3. The number of fused-ring (bicyclic) bond motifs is 1. The molecule has 0 saturated carbocycles. The molecule has 2 amide bonds. The molecule has 1 N–H and O–H groups in total. The van der Waals surface area contributed by atoms with Gasteiger partial charge in [-0.1, -0.05) is 42.8 Å². The minimum absolute atomic E-state index is 0.144. The molecule has 0 aromatic heterocycles. The van der Waals surface area contributed by atoms with Gasteiger partial charge in [0.2, 0.25) is 5.91 Å². The summed E-state index contributed by atoms with van der Waals surface area (Å²) in [6, 6.07) is 4.42. The number of aliphatic hydroxyl groups is 1. The molecule has 3 fully saturated rings. The Hall–Kier alpha value is -2.68. The number of hydrogen-bond acceptors (Lipinski definition) is 6. The van der Waals surface area contributed by atoms with E-state index in [0.29, 0.717) is 36.4 Å². The summed E-state index contributed by atoms with van der Waals surface area (Å²) in [7, 11) is 0. The molecule has 9 heteroatoms. The summed E-state index contributed by atoms with van der Waals surface area (Å²) in [4.78, 5) is 45.1. The Morgan fingerprint density at radius 2 is 2.08 bits per heavy atom. The minimum Gasteiger partial charge on any atom is -0.465 e. The van der Waals surface area contributed by atoms with E-state index in [9.17, 15) is 19.5 Å². The Labute approximate surface area is 229 Å². The van der Waals surface area contributed by atoms with Crippen molar-refractivity contribution in [2.75, 3.05) is 31.2 Å². The number of benzene rings is 1. The lowest BCUT2D eigenvalue weighted by atomic mass is 9.65. The summed E-state index contributed by atoms with van der Waals surface area (Å²) in [6.45, 7) is 11.7. The highest BCUT2D eigenvalue weighted by atomic mass is 35.5. The first-order chi connectivity index (χ1) is 18.2. The number of likely N-dealkylation sites (tertiary alicyclic amines) is 1. The molecule has 1 aromatic carbocycles. The van der Waals surface area contributed by atoms with Crippen molar-refractivity contribution >= 4 is 35.1 Å². The van der Waals surface area contributed by atoms with Crippen LogP contribution in [-0.4, -0.2) is 71.3 Å². The molecule has 3 heterocycles. The van der Waals surface area contributed by atoms with Crippen LogP contribution in [-0.2, 0) is 23.9 Å². The maximum Gasteiger partial charge on any atom is 0.312 e. The van der Waals surface area contributed by atoms with E-state index in [2.05, 4.69) is 13.2 Å². The Bertz CT molecular complexity index is 1100. The lowest BCUT2D eigenvalue weighted by molar-refractivity contribution is -0.160. The maximum atomic E-state index is 14.5. The van der Waals surface area contributed by atoms with Gasteiger partial charge in [-0.25, -0.2) is 0 Å². The van der Waals surface area contributed by atoms with Gasteiger partial charge in [-0.05, 0) is 50.7 Å². The van der Waals surface area contributed by atoms with Gasteiger partial charge in [0, 0.05) is 19.7 Å². The first kappa shape index (κ1) is 28.3. The van der Waals surface area contributed by atoms with Crippen molar-refractivity contribution in [1.82, 2.24) is 4.90 Å². The molecule has 3 aliphatic heterocycles. The number of esters is 1. The summed E-state index contributed by atoms with van der Waals surface area (Å²) in [5.74, 6) is -2.80. The number of nitrogens with zero attached hydrogens (tertiary/aromatic N) is 2. The highest BCUT2D eigenvalue weighted by Crippen LogP contribution is 2.64. The second-order valence-corrected chi connectivity index (χ2v) is 10.7. The molecule has 38 heavy (non-hydrogen) atoms. The van der Waals surface area contributed by atoms with Crippen LogP contribution in [0.25, 0.3) is 0 Å². The average molecular weight is 545 g/mol. The predicted octanol–water partition coefficient (Wildman–Crippen LogP) is 3.82. The lowest BCUT2D eigenvalue weighted by Crippen LogP contribution is -2.56. The molecule has 3 aliphatic rings. The summed E-state index contributed by atoms with van der Waals surface area (Å²) in [5.41, 5.74) is -0.711. The third-order valence-corrected chi connectivity index (χ3v) is 8.63.